The van der Waals surface area contributed by atoms with Crippen molar-refractivity contribution >= 4 is 5.97 Å². The Hall–Kier alpha value is -1.62. The highest BCUT2D eigenvalue weighted by Gasteiger charge is 2.36. The van der Waals surface area contributed by atoms with Gasteiger partial charge < -0.3 is 14.2 Å². The Balaban J connectivity index is 1.74. The van der Waals surface area contributed by atoms with Crippen LogP contribution in [0.15, 0.2) is 23.0 Å². The maximum atomic E-state index is 11.9. The molecule has 2 bridgehead atoms. The summed E-state index contributed by atoms with van der Waals surface area (Å²) in [6.45, 7) is 3.72. The number of carbonyl (C=O) groups is 1. The molecule has 3 heterocycles. The standard InChI is InChI=1S/C15H20N2O3/c1-20-15(19)5-6-16-8-11-7-12(10-16)13-3-2-4-14(18)17(13)9-11/h2-4,11-12H,5-10H2,1H3/p+1/t11-,12+/m0/s1. The molecule has 2 aliphatic heterocycles. The fourth-order valence-electron chi connectivity index (χ4n) is 3.70. The number of piperidine rings is 1. The largest absolute Gasteiger partial charge is 0.469 e. The number of ether oxygens (including phenoxy) is 1. The molecule has 1 unspecified atom stereocenters. The van der Waals surface area contributed by atoms with Gasteiger partial charge in [0.1, 0.15) is 0 Å². The van der Waals surface area contributed by atoms with Gasteiger partial charge >= 0.3 is 5.97 Å². The zero-order valence-electron chi connectivity index (χ0n) is 11.8. The first kappa shape index (κ1) is 13.4. The van der Waals surface area contributed by atoms with Gasteiger partial charge in [-0.25, -0.2) is 0 Å². The third-order valence-corrected chi connectivity index (χ3v) is 4.58. The SMILES string of the molecule is COC(=O)CC[NH+]1C[C@@H]2C[C@H](C1)c1cccc(=O)n1C2. The van der Waals surface area contributed by atoms with Crippen molar-refractivity contribution in [2.45, 2.75) is 25.3 Å². The molecule has 108 valence electrons. The highest BCUT2D eigenvalue weighted by molar-refractivity contribution is 5.69. The van der Waals surface area contributed by atoms with E-state index in [0.717, 1.165) is 26.2 Å². The topological polar surface area (TPSA) is 52.7 Å². The maximum absolute atomic E-state index is 11.9. The Morgan fingerprint density at radius 1 is 1.45 bits per heavy atom. The molecular formula is C15H21N2O3+. The normalized spacial score (nSPS) is 27.8. The zero-order chi connectivity index (χ0) is 14.1. The zero-order valence-corrected chi connectivity index (χ0v) is 11.8. The first-order valence-corrected chi connectivity index (χ1v) is 7.27. The molecule has 5 heteroatoms. The fourth-order valence-corrected chi connectivity index (χ4v) is 3.70. The van der Waals surface area contributed by atoms with Crippen molar-refractivity contribution in [2.24, 2.45) is 5.92 Å². The van der Waals surface area contributed by atoms with Crippen LogP contribution in [0.3, 0.4) is 0 Å². The first-order chi connectivity index (χ1) is 9.67. The van der Waals surface area contributed by atoms with Crippen molar-refractivity contribution in [1.29, 1.82) is 0 Å². The molecule has 1 N–H and O–H groups in total. The van der Waals surface area contributed by atoms with E-state index in [0.29, 0.717) is 18.3 Å². The second-order valence-corrected chi connectivity index (χ2v) is 5.93. The Morgan fingerprint density at radius 3 is 3.10 bits per heavy atom. The predicted octanol–water partition coefficient (Wildman–Crippen LogP) is -0.587. The number of hydrogen-bond donors (Lipinski definition) is 1. The van der Waals surface area contributed by atoms with Gasteiger partial charge in [0.05, 0.1) is 33.2 Å². The summed E-state index contributed by atoms with van der Waals surface area (Å²) in [5.74, 6) is 0.864. The number of esters is 1. The summed E-state index contributed by atoms with van der Waals surface area (Å²) in [7, 11) is 1.44. The number of nitrogens with one attached hydrogen (secondary N) is 1. The quantitative estimate of drug-likeness (QED) is 0.752. The lowest BCUT2D eigenvalue weighted by atomic mass is 9.83. The van der Waals surface area contributed by atoms with Crippen LogP contribution in [0.4, 0.5) is 0 Å². The highest BCUT2D eigenvalue weighted by Crippen LogP contribution is 2.29. The van der Waals surface area contributed by atoms with Gasteiger partial charge in [-0.3, -0.25) is 9.59 Å². The summed E-state index contributed by atoms with van der Waals surface area (Å²) in [6, 6.07) is 5.58. The molecule has 1 aromatic rings. The van der Waals surface area contributed by atoms with Gasteiger partial charge in [-0.1, -0.05) is 6.07 Å². The molecule has 1 saturated heterocycles. The molecule has 1 fully saturated rings. The van der Waals surface area contributed by atoms with Crippen molar-refractivity contribution < 1.29 is 14.4 Å². The Kier molecular flexibility index (Phi) is 3.61. The van der Waals surface area contributed by atoms with Crippen molar-refractivity contribution in [1.82, 2.24) is 4.57 Å². The number of fused-ring (bicyclic) bond motifs is 4. The third-order valence-electron chi connectivity index (χ3n) is 4.58. The van der Waals surface area contributed by atoms with Gasteiger partial charge in [-0.2, -0.15) is 0 Å². The summed E-state index contributed by atoms with van der Waals surface area (Å²) in [5.41, 5.74) is 1.29. The maximum Gasteiger partial charge on any atom is 0.311 e. The second-order valence-electron chi connectivity index (χ2n) is 5.93. The van der Waals surface area contributed by atoms with E-state index in [1.54, 1.807) is 6.07 Å². The monoisotopic (exact) mass is 277 g/mol. The minimum Gasteiger partial charge on any atom is -0.469 e. The van der Waals surface area contributed by atoms with Gasteiger partial charge in [-0.15, -0.1) is 0 Å². The predicted molar refractivity (Wildman–Crippen MR) is 73.7 cm³/mol. The average Bonchev–Trinajstić information content (AvgIpc) is 2.46. The van der Waals surface area contributed by atoms with E-state index in [2.05, 4.69) is 6.07 Å². The lowest BCUT2D eigenvalue weighted by molar-refractivity contribution is -0.910. The molecule has 0 saturated carbocycles. The lowest BCUT2D eigenvalue weighted by Gasteiger charge is -2.40. The molecule has 3 rings (SSSR count). The van der Waals surface area contributed by atoms with E-state index < -0.39 is 0 Å². The van der Waals surface area contributed by atoms with E-state index in [-0.39, 0.29) is 11.5 Å². The van der Waals surface area contributed by atoms with E-state index in [9.17, 15) is 9.59 Å². The van der Waals surface area contributed by atoms with Crippen LogP contribution in [0.2, 0.25) is 0 Å². The Bertz CT molecular complexity index is 566. The summed E-state index contributed by atoms with van der Waals surface area (Å²) < 4.78 is 6.65. The summed E-state index contributed by atoms with van der Waals surface area (Å²) in [6.07, 6.45) is 1.65. The van der Waals surface area contributed by atoms with E-state index in [4.69, 9.17) is 4.74 Å². The number of hydrogen-bond acceptors (Lipinski definition) is 3. The molecule has 20 heavy (non-hydrogen) atoms. The van der Waals surface area contributed by atoms with Crippen LogP contribution < -0.4 is 10.5 Å². The summed E-state index contributed by atoms with van der Waals surface area (Å²) >= 11 is 0. The average molecular weight is 277 g/mol. The molecular weight excluding hydrogens is 256 g/mol. The first-order valence-electron chi connectivity index (χ1n) is 7.27. The number of carbonyl (C=O) groups excluding carboxylic acids is 1. The van der Waals surface area contributed by atoms with Crippen molar-refractivity contribution in [3.8, 4) is 0 Å². The van der Waals surface area contributed by atoms with Crippen LogP contribution in [0.25, 0.3) is 0 Å². The molecule has 0 amide bonds. The Labute approximate surface area is 118 Å². The third kappa shape index (κ3) is 2.50. The molecule has 0 spiro atoms. The number of rotatable bonds is 3. The van der Waals surface area contributed by atoms with Crippen molar-refractivity contribution in [3.05, 3.63) is 34.2 Å². The smallest absolute Gasteiger partial charge is 0.311 e. The molecule has 3 atom stereocenters. The van der Waals surface area contributed by atoms with E-state index in [1.165, 1.54) is 24.1 Å². The lowest BCUT2D eigenvalue weighted by Crippen LogP contribution is -3.14. The van der Waals surface area contributed by atoms with Crippen LogP contribution in [0.1, 0.15) is 24.5 Å². The van der Waals surface area contributed by atoms with Gasteiger partial charge in [-0.05, 0) is 12.5 Å². The van der Waals surface area contributed by atoms with Gasteiger partial charge in [0.2, 0.25) is 0 Å². The second kappa shape index (κ2) is 5.40. The number of quaternary nitrogens is 1. The van der Waals surface area contributed by atoms with Crippen LogP contribution in [-0.2, 0) is 16.1 Å². The van der Waals surface area contributed by atoms with Crippen molar-refractivity contribution in [2.75, 3.05) is 26.7 Å². The van der Waals surface area contributed by atoms with Crippen LogP contribution >= 0.6 is 0 Å². The number of nitrogens with zero attached hydrogens (tertiary/aromatic N) is 1. The fraction of sp³-hybridized carbons (Fsp3) is 0.600. The Morgan fingerprint density at radius 2 is 2.30 bits per heavy atom. The van der Waals surface area contributed by atoms with Gasteiger partial charge in [0, 0.05) is 30.1 Å². The molecule has 2 aliphatic rings. The van der Waals surface area contributed by atoms with Crippen molar-refractivity contribution in [3.63, 3.8) is 0 Å². The number of likely N-dealkylation sites (tertiary alicyclic amines) is 1. The van der Waals surface area contributed by atoms with Crippen LogP contribution in [0, 0.1) is 5.92 Å². The molecule has 5 nitrogen and oxygen atoms in total. The van der Waals surface area contributed by atoms with Crippen LogP contribution in [-0.4, -0.2) is 37.3 Å². The van der Waals surface area contributed by atoms with E-state index in [1.807, 2.05) is 10.6 Å². The highest BCUT2D eigenvalue weighted by atomic mass is 16.5. The molecule has 0 aliphatic carbocycles. The van der Waals surface area contributed by atoms with E-state index >= 15 is 0 Å². The summed E-state index contributed by atoms with van der Waals surface area (Å²) in [5, 5.41) is 0. The number of methoxy groups -OCH3 is 1. The summed E-state index contributed by atoms with van der Waals surface area (Å²) in [4.78, 5) is 24.6. The van der Waals surface area contributed by atoms with Gasteiger partial charge in [0.15, 0.2) is 0 Å². The minimum absolute atomic E-state index is 0.121. The van der Waals surface area contributed by atoms with Gasteiger partial charge in [0.25, 0.3) is 5.56 Å². The molecule has 0 aromatic carbocycles. The molecule has 1 aromatic heterocycles. The number of aromatic nitrogens is 1. The number of pyridine rings is 1. The van der Waals surface area contributed by atoms with Crippen LogP contribution in [0.5, 0.6) is 0 Å². The molecule has 0 radical (unpaired) electrons. The minimum atomic E-state index is -0.134.